The van der Waals surface area contributed by atoms with Gasteiger partial charge in [-0.3, -0.25) is 9.69 Å². The summed E-state index contributed by atoms with van der Waals surface area (Å²) in [6.07, 6.45) is -0.000241. The van der Waals surface area contributed by atoms with Gasteiger partial charge in [-0.05, 0) is 25.1 Å². The third kappa shape index (κ3) is 3.22. The standard InChI is InChI=1S/C12H14N4O3S.ClH/c13-4-3-7-5-16(12(18)19-7)9-2-1-8-11(14-9)15-10(17)6-20-8;/h1-2,7H,3-6,13H2,(H,14,15,17);1H. The molecule has 1 atom stereocenters. The van der Waals surface area contributed by atoms with Crippen LogP contribution in [-0.2, 0) is 9.53 Å². The Hall–Kier alpha value is -1.51. The number of fused-ring (bicyclic) bond motifs is 1. The molecule has 9 heteroatoms. The molecule has 1 unspecified atom stereocenters. The molecule has 0 aromatic carbocycles. The number of anilines is 2. The van der Waals surface area contributed by atoms with Crippen LogP contribution in [0.15, 0.2) is 17.0 Å². The summed E-state index contributed by atoms with van der Waals surface area (Å²) >= 11 is 1.43. The van der Waals surface area contributed by atoms with Gasteiger partial charge in [0.25, 0.3) is 0 Å². The van der Waals surface area contributed by atoms with E-state index in [9.17, 15) is 9.59 Å². The fourth-order valence-electron chi connectivity index (χ4n) is 2.15. The van der Waals surface area contributed by atoms with E-state index in [1.165, 1.54) is 16.7 Å². The minimum absolute atomic E-state index is 0. The van der Waals surface area contributed by atoms with Crippen molar-refractivity contribution in [3.05, 3.63) is 12.1 Å². The first-order valence-electron chi connectivity index (χ1n) is 6.29. The number of thioether (sulfide) groups is 1. The number of cyclic esters (lactones) is 1. The summed E-state index contributed by atoms with van der Waals surface area (Å²) in [5, 5.41) is 2.71. The number of nitrogens with one attached hydrogen (secondary N) is 1. The summed E-state index contributed by atoms with van der Waals surface area (Å²) < 4.78 is 5.21. The zero-order valence-electron chi connectivity index (χ0n) is 11.1. The summed E-state index contributed by atoms with van der Waals surface area (Å²) in [6, 6.07) is 3.61. The van der Waals surface area contributed by atoms with E-state index < -0.39 is 6.09 Å². The fourth-order valence-corrected chi connectivity index (χ4v) is 2.91. The monoisotopic (exact) mass is 330 g/mol. The van der Waals surface area contributed by atoms with Gasteiger partial charge in [-0.2, -0.15) is 0 Å². The lowest BCUT2D eigenvalue weighted by molar-refractivity contribution is -0.113. The van der Waals surface area contributed by atoms with Crippen molar-refractivity contribution in [2.75, 3.05) is 29.1 Å². The van der Waals surface area contributed by atoms with E-state index in [1.807, 2.05) is 6.07 Å². The molecule has 0 saturated carbocycles. The van der Waals surface area contributed by atoms with Gasteiger partial charge in [0.15, 0.2) is 0 Å². The first-order valence-corrected chi connectivity index (χ1v) is 7.28. The van der Waals surface area contributed by atoms with Gasteiger partial charge in [0.05, 0.1) is 17.2 Å². The molecule has 0 aliphatic carbocycles. The number of nitrogens with two attached hydrogens (primary N) is 1. The normalized spacial score (nSPS) is 20.4. The van der Waals surface area contributed by atoms with Crippen molar-refractivity contribution in [3.63, 3.8) is 0 Å². The minimum atomic E-state index is -0.425. The Morgan fingerprint density at radius 1 is 1.48 bits per heavy atom. The molecule has 2 amide bonds. The number of ether oxygens (including phenoxy) is 1. The Morgan fingerprint density at radius 2 is 2.29 bits per heavy atom. The molecule has 1 fully saturated rings. The molecule has 2 aliphatic heterocycles. The molecule has 0 spiro atoms. The van der Waals surface area contributed by atoms with E-state index in [2.05, 4.69) is 10.3 Å². The summed E-state index contributed by atoms with van der Waals surface area (Å²) in [5.74, 6) is 1.28. The average molecular weight is 331 g/mol. The lowest BCUT2D eigenvalue weighted by Crippen LogP contribution is -2.27. The number of carbonyl (C=O) groups excluding carboxylic acids is 2. The van der Waals surface area contributed by atoms with Crippen LogP contribution in [0.1, 0.15) is 6.42 Å². The minimum Gasteiger partial charge on any atom is -0.444 e. The number of nitrogens with zero attached hydrogens (tertiary/aromatic N) is 2. The third-order valence-electron chi connectivity index (χ3n) is 3.10. The second-order valence-corrected chi connectivity index (χ2v) is 5.56. The SMILES string of the molecule is Cl.NCCC1CN(c2ccc3c(n2)NC(=O)CS3)C(=O)O1. The molecule has 3 N–H and O–H groups in total. The number of hydrogen-bond acceptors (Lipinski definition) is 6. The molecule has 1 aromatic heterocycles. The van der Waals surface area contributed by atoms with Gasteiger partial charge < -0.3 is 15.8 Å². The Balaban J connectivity index is 0.00000161. The summed E-state index contributed by atoms with van der Waals surface area (Å²) in [6.45, 7) is 0.902. The van der Waals surface area contributed by atoms with Crippen LogP contribution in [0, 0.1) is 0 Å². The molecule has 21 heavy (non-hydrogen) atoms. The highest BCUT2D eigenvalue weighted by Gasteiger charge is 2.33. The van der Waals surface area contributed by atoms with Crippen LogP contribution in [-0.4, -0.2) is 41.9 Å². The van der Waals surface area contributed by atoms with Crippen molar-refractivity contribution >= 4 is 47.8 Å². The van der Waals surface area contributed by atoms with E-state index in [0.29, 0.717) is 36.9 Å². The molecule has 1 saturated heterocycles. The van der Waals surface area contributed by atoms with Crippen LogP contribution in [0.4, 0.5) is 16.4 Å². The maximum Gasteiger partial charge on any atom is 0.415 e. The van der Waals surface area contributed by atoms with Gasteiger partial charge in [0.1, 0.15) is 17.7 Å². The van der Waals surface area contributed by atoms with Crippen LogP contribution >= 0.6 is 24.2 Å². The highest BCUT2D eigenvalue weighted by Crippen LogP contribution is 2.32. The average Bonchev–Trinajstić information content (AvgIpc) is 2.79. The van der Waals surface area contributed by atoms with Gasteiger partial charge in [-0.15, -0.1) is 24.2 Å². The zero-order chi connectivity index (χ0) is 14.1. The van der Waals surface area contributed by atoms with Gasteiger partial charge in [-0.25, -0.2) is 9.78 Å². The Labute approximate surface area is 132 Å². The van der Waals surface area contributed by atoms with Crippen molar-refractivity contribution in [3.8, 4) is 0 Å². The van der Waals surface area contributed by atoms with Gasteiger partial charge >= 0.3 is 6.09 Å². The molecular formula is C12H15ClN4O3S. The van der Waals surface area contributed by atoms with Crippen molar-refractivity contribution < 1.29 is 14.3 Å². The van der Waals surface area contributed by atoms with Crippen molar-refractivity contribution in [1.29, 1.82) is 0 Å². The Kier molecular flexibility index (Phi) is 4.92. The van der Waals surface area contributed by atoms with Gasteiger partial charge in [-0.1, -0.05) is 0 Å². The Morgan fingerprint density at radius 3 is 3.05 bits per heavy atom. The molecule has 114 valence electrons. The fraction of sp³-hybridized carbons (Fsp3) is 0.417. The van der Waals surface area contributed by atoms with Crippen LogP contribution in [0.5, 0.6) is 0 Å². The number of aromatic nitrogens is 1. The molecular weight excluding hydrogens is 316 g/mol. The second-order valence-electron chi connectivity index (χ2n) is 4.55. The van der Waals surface area contributed by atoms with E-state index in [4.69, 9.17) is 10.5 Å². The predicted molar refractivity (Wildman–Crippen MR) is 82.1 cm³/mol. The molecule has 0 bridgehead atoms. The maximum atomic E-state index is 11.8. The number of halogens is 1. The molecule has 0 radical (unpaired) electrons. The molecule has 2 aliphatic rings. The highest BCUT2D eigenvalue weighted by molar-refractivity contribution is 8.00. The quantitative estimate of drug-likeness (QED) is 0.865. The number of hydrogen-bond donors (Lipinski definition) is 2. The summed E-state index contributed by atoms with van der Waals surface area (Å²) in [5.41, 5.74) is 5.47. The van der Waals surface area contributed by atoms with Gasteiger partial charge in [0, 0.05) is 0 Å². The maximum absolute atomic E-state index is 11.8. The largest absolute Gasteiger partial charge is 0.444 e. The highest BCUT2D eigenvalue weighted by atomic mass is 35.5. The van der Waals surface area contributed by atoms with E-state index in [0.717, 1.165) is 4.90 Å². The van der Waals surface area contributed by atoms with Crippen LogP contribution in [0.25, 0.3) is 0 Å². The number of amides is 2. The smallest absolute Gasteiger partial charge is 0.415 e. The molecule has 3 heterocycles. The third-order valence-corrected chi connectivity index (χ3v) is 4.15. The van der Waals surface area contributed by atoms with E-state index in [1.54, 1.807) is 6.07 Å². The van der Waals surface area contributed by atoms with Crippen LogP contribution < -0.4 is 16.0 Å². The Bertz CT molecular complexity index is 571. The van der Waals surface area contributed by atoms with E-state index >= 15 is 0 Å². The van der Waals surface area contributed by atoms with E-state index in [-0.39, 0.29) is 24.4 Å². The summed E-state index contributed by atoms with van der Waals surface area (Å²) in [7, 11) is 0. The number of pyridine rings is 1. The predicted octanol–water partition coefficient (Wildman–Crippen LogP) is 1.22. The first-order chi connectivity index (χ1) is 9.67. The van der Waals surface area contributed by atoms with Crippen molar-refractivity contribution in [1.82, 2.24) is 4.98 Å². The second kappa shape index (κ2) is 6.50. The topological polar surface area (TPSA) is 97.5 Å². The van der Waals surface area contributed by atoms with Gasteiger partial charge in [0.2, 0.25) is 5.91 Å². The number of carbonyl (C=O) groups is 2. The van der Waals surface area contributed by atoms with Crippen LogP contribution in [0.2, 0.25) is 0 Å². The molecule has 7 nitrogen and oxygen atoms in total. The number of rotatable bonds is 3. The van der Waals surface area contributed by atoms with Crippen molar-refractivity contribution in [2.45, 2.75) is 17.4 Å². The lowest BCUT2D eigenvalue weighted by atomic mass is 10.2. The zero-order valence-corrected chi connectivity index (χ0v) is 12.7. The van der Waals surface area contributed by atoms with Crippen molar-refractivity contribution in [2.24, 2.45) is 5.73 Å². The molecule has 3 rings (SSSR count). The summed E-state index contributed by atoms with van der Waals surface area (Å²) in [4.78, 5) is 29.9. The van der Waals surface area contributed by atoms with Crippen LogP contribution in [0.3, 0.4) is 0 Å². The molecule has 1 aromatic rings. The first kappa shape index (κ1) is 15.9. The lowest BCUT2D eigenvalue weighted by Gasteiger charge is -2.18.